The van der Waals surface area contributed by atoms with Gasteiger partial charge in [0, 0.05) is 11.6 Å². The fourth-order valence-corrected chi connectivity index (χ4v) is 4.22. The first-order chi connectivity index (χ1) is 14.5. The fourth-order valence-electron chi connectivity index (χ4n) is 3.24. The Morgan fingerprint density at radius 1 is 1.30 bits per heavy atom. The minimum atomic E-state index is -0.174. The van der Waals surface area contributed by atoms with E-state index in [0.717, 1.165) is 18.4 Å². The maximum Gasteiger partial charge on any atom is 0.262 e. The zero-order valence-corrected chi connectivity index (χ0v) is 18.4. The van der Waals surface area contributed by atoms with Crippen LogP contribution in [0.3, 0.4) is 0 Å². The molecule has 0 aliphatic heterocycles. The first-order valence-corrected chi connectivity index (χ1v) is 11.2. The Morgan fingerprint density at radius 2 is 2.07 bits per heavy atom. The number of fused-ring (bicyclic) bond motifs is 1. The molecule has 0 aliphatic carbocycles. The summed E-state index contributed by atoms with van der Waals surface area (Å²) in [5.41, 5.74) is 1.43. The largest absolute Gasteiger partial charge is 0.349 e. The molecular weight excluding hydrogens is 418 g/mol. The summed E-state index contributed by atoms with van der Waals surface area (Å²) in [7, 11) is 0. The van der Waals surface area contributed by atoms with Crippen LogP contribution in [0.5, 0.6) is 0 Å². The van der Waals surface area contributed by atoms with E-state index < -0.39 is 0 Å². The number of aromatic nitrogens is 2. The van der Waals surface area contributed by atoms with E-state index in [2.05, 4.69) is 23.8 Å². The number of nitrogens with zero attached hydrogens (tertiary/aromatic N) is 2. The molecule has 7 heteroatoms. The molecule has 1 aromatic heterocycles. The van der Waals surface area contributed by atoms with Gasteiger partial charge in [0.2, 0.25) is 5.91 Å². The van der Waals surface area contributed by atoms with Crippen LogP contribution in [0.15, 0.2) is 71.1 Å². The molecule has 1 unspecified atom stereocenters. The quantitative estimate of drug-likeness (QED) is 0.289. The highest BCUT2D eigenvalue weighted by Crippen LogP contribution is 2.22. The Morgan fingerprint density at radius 3 is 2.77 bits per heavy atom. The molecule has 0 spiro atoms. The molecule has 0 saturated carbocycles. The summed E-state index contributed by atoms with van der Waals surface area (Å²) in [6.45, 7) is 6.13. The van der Waals surface area contributed by atoms with Crippen LogP contribution in [0, 0.1) is 0 Å². The van der Waals surface area contributed by atoms with Crippen molar-refractivity contribution in [3.63, 3.8) is 0 Å². The van der Waals surface area contributed by atoms with E-state index in [1.807, 2.05) is 30.3 Å². The lowest BCUT2D eigenvalue weighted by atomic mass is 10.0. The molecule has 3 rings (SSSR count). The number of thioether (sulfide) groups is 1. The average Bonchev–Trinajstić information content (AvgIpc) is 2.74. The lowest BCUT2D eigenvalue weighted by molar-refractivity contribution is -0.119. The monoisotopic (exact) mass is 441 g/mol. The summed E-state index contributed by atoms with van der Waals surface area (Å²) in [5.74, 6) is 0.0517. The Bertz CT molecular complexity index is 1100. The molecular formula is C23H24ClN3O2S. The van der Waals surface area contributed by atoms with E-state index >= 15 is 0 Å². The fraction of sp³-hybridized carbons (Fsp3) is 0.261. The molecule has 30 heavy (non-hydrogen) atoms. The molecule has 156 valence electrons. The van der Waals surface area contributed by atoms with Gasteiger partial charge in [0.05, 0.1) is 22.7 Å². The zero-order chi connectivity index (χ0) is 21.5. The molecule has 3 aromatic rings. The number of hydrogen-bond acceptors (Lipinski definition) is 4. The van der Waals surface area contributed by atoms with E-state index in [1.54, 1.807) is 24.3 Å². The molecule has 1 N–H and O–H groups in total. The molecule has 0 fully saturated rings. The van der Waals surface area contributed by atoms with Crippen molar-refractivity contribution >= 4 is 40.2 Å². The van der Waals surface area contributed by atoms with Crippen molar-refractivity contribution in [2.45, 2.75) is 37.5 Å². The summed E-state index contributed by atoms with van der Waals surface area (Å²) < 4.78 is 1.53. The molecule has 0 aliphatic rings. The Hall–Kier alpha value is -2.57. The standard InChI is InChI=1S/C23H24ClN3O2S/c1-3-8-19(16-9-6-5-7-10-16)25-21(28)15-30-23-26-20-14-17(24)11-12-18(20)22(29)27(23)13-4-2/h4-7,9-12,14,19H,2-3,8,13,15H2,1H3,(H,25,28). The number of nitrogens with one attached hydrogen (secondary N) is 1. The second-order valence-electron chi connectivity index (χ2n) is 6.87. The van der Waals surface area contributed by atoms with Crippen LogP contribution >= 0.6 is 23.4 Å². The molecule has 5 nitrogen and oxygen atoms in total. The van der Waals surface area contributed by atoms with Gasteiger partial charge in [-0.25, -0.2) is 4.98 Å². The van der Waals surface area contributed by atoms with Gasteiger partial charge in [-0.1, -0.05) is 73.1 Å². The van der Waals surface area contributed by atoms with E-state index in [1.165, 1.54) is 16.3 Å². The zero-order valence-electron chi connectivity index (χ0n) is 16.8. The van der Waals surface area contributed by atoms with Crippen molar-refractivity contribution in [2.24, 2.45) is 0 Å². The Balaban J connectivity index is 1.80. The molecule has 1 heterocycles. The van der Waals surface area contributed by atoms with Gasteiger partial charge >= 0.3 is 0 Å². The lowest BCUT2D eigenvalue weighted by Gasteiger charge is -2.19. The first-order valence-electron chi connectivity index (χ1n) is 9.81. The summed E-state index contributed by atoms with van der Waals surface area (Å²) >= 11 is 7.30. The molecule has 0 saturated heterocycles. The minimum absolute atomic E-state index is 0.0389. The van der Waals surface area contributed by atoms with Crippen molar-refractivity contribution < 1.29 is 4.79 Å². The van der Waals surface area contributed by atoms with E-state index in [-0.39, 0.29) is 23.3 Å². The van der Waals surface area contributed by atoms with E-state index in [4.69, 9.17) is 11.6 Å². The van der Waals surface area contributed by atoms with Gasteiger partial charge in [-0.2, -0.15) is 0 Å². The first kappa shape index (κ1) is 22.1. The number of carbonyl (C=O) groups is 1. The van der Waals surface area contributed by atoms with Crippen molar-refractivity contribution in [3.8, 4) is 0 Å². The number of rotatable bonds is 9. The third kappa shape index (κ3) is 5.32. The van der Waals surface area contributed by atoms with Crippen LogP contribution in [-0.2, 0) is 11.3 Å². The van der Waals surface area contributed by atoms with Crippen LogP contribution in [0.1, 0.15) is 31.4 Å². The lowest BCUT2D eigenvalue weighted by Crippen LogP contribution is -2.30. The Kier molecular flexibility index (Phi) is 7.71. The number of hydrogen-bond donors (Lipinski definition) is 1. The highest BCUT2D eigenvalue weighted by molar-refractivity contribution is 7.99. The third-order valence-corrected chi connectivity index (χ3v) is 5.85. The van der Waals surface area contributed by atoms with Gasteiger partial charge in [0.25, 0.3) is 5.56 Å². The van der Waals surface area contributed by atoms with Crippen LogP contribution in [-0.4, -0.2) is 21.2 Å². The van der Waals surface area contributed by atoms with Crippen LogP contribution in [0.4, 0.5) is 0 Å². The highest BCUT2D eigenvalue weighted by atomic mass is 35.5. The van der Waals surface area contributed by atoms with Crippen molar-refractivity contribution in [2.75, 3.05) is 5.75 Å². The maximum atomic E-state index is 12.9. The molecule has 2 aromatic carbocycles. The number of allylic oxidation sites excluding steroid dienone is 1. The van der Waals surface area contributed by atoms with Crippen LogP contribution in [0.25, 0.3) is 10.9 Å². The van der Waals surface area contributed by atoms with Gasteiger partial charge in [-0.15, -0.1) is 6.58 Å². The van der Waals surface area contributed by atoms with Crippen molar-refractivity contribution in [1.82, 2.24) is 14.9 Å². The predicted molar refractivity (Wildman–Crippen MR) is 124 cm³/mol. The van der Waals surface area contributed by atoms with E-state index in [9.17, 15) is 9.59 Å². The summed E-state index contributed by atoms with van der Waals surface area (Å²) in [6.07, 6.45) is 3.45. The second kappa shape index (κ2) is 10.5. The summed E-state index contributed by atoms with van der Waals surface area (Å²) in [5, 5.41) is 4.57. The molecule has 1 atom stereocenters. The van der Waals surface area contributed by atoms with Gasteiger partial charge in [0.1, 0.15) is 0 Å². The summed E-state index contributed by atoms with van der Waals surface area (Å²) in [6, 6.07) is 14.9. The van der Waals surface area contributed by atoms with Gasteiger partial charge < -0.3 is 5.32 Å². The molecule has 0 radical (unpaired) electrons. The molecule has 1 amide bonds. The highest BCUT2D eigenvalue weighted by Gasteiger charge is 2.16. The van der Waals surface area contributed by atoms with Gasteiger partial charge in [-0.05, 0) is 30.2 Å². The summed E-state index contributed by atoms with van der Waals surface area (Å²) in [4.78, 5) is 30.1. The van der Waals surface area contributed by atoms with Crippen LogP contribution in [0.2, 0.25) is 5.02 Å². The van der Waals surface area contributed by atoms with E-state index in [0.29, 0.717) is 27.6 Å². The smallest absolute Gasteiger partial charge is 0.262 e. The number of halogens is 1. The van der Waals surface area contributed by atoms with Crippen LogP contribution < -0.4 is 10.9 Å². The second-order valence-corrected chi connectivity index (χ2v) is 8.25. The van der Waals surface area contributed by atoms with Gasteiger partial charge in [-0.3, -0.25) is 14.2 Å². The predicted octanol–water partition coefficient (Wildman–Crippen LogP) is 4.99. The Labute approximate surface area is 185 Å². The minimum Gasteiger partial charge on any atom is -0.349 e. The van der Waals surface area contributed by atoms with Crippen molar-refractivity contribution in [1.29, 1.82) is 0 Å². The SMILES string of the molecule is C=CCn1c(SCC(=O)NC(CCC)c2ccccc2)nc2cc(Cl)ccc2c1=O. The maximum absolute atomic E-state index is 12.9. The number of amides is 1. The molecule has 0 bridgehead atoms. The topological polar surface area (TPSA) is 64.0 Å². The van der Waals surface area contributed by atoms with Crippen molar-refractivity contribution in [3.05, 3.63) is 82.1 Å². The van der Waals surface area contributed by atoms with Gasteiger partial charge in [0.15, 0.2) is 5.16 Å². The normalized spacial score (nSPS) is 11.9. The third-order valence-electron chi connectivity index (χ3n) is 4.64. The number of carbonyl (C=O) groups excluding carboxylic acids is 1. The average molecular weight is 442 g/mol. The number of benzene rings is 2.